The van der Waals surface area contributed by atoms with E-state index in [0.29, 0.717) is 0 Å². The van der Waals surface area contributed by atoms with Crippen molar-refractivity contribution in [2.24, 2.45) is 0 Å². The molecule has 25 atom stereocenters. The minimum atomic E-state index is -6.14. The molecule has 0 saturated carbocycles. The molecule has 0 spiro atoms. The van der Waals surface area contributed by atoms with E-state index in [1.54, 1.807) is 0 Å². The maximum atomic E-state index is 12.6. The Kier molecular flexibility index (Phi) is 25.3. The average molecular weight is 1450 g/mol. The fraction of sp³-hybridized carbons (Fsp3) is 1.00. The molecule has 5 aliphatic heterocycles. The van der Waals surface area contributed by atoms with Crippen molar-refractivity contribution in [3.8, 4) is 0 Å². The second-order valence-corrected chi connectivity index (χ2v) is 27.5. The fourth-order valence-electron chi connectivity index (χ4n) is 8.99. The molecule has 0 amide bonds. The third-order valence-corrected chi connectivity index (χ3v) is 16.4. The summed E-state index contributed by atoms with van der Waals surface area (Å²) in [6, 6.07) is -7.46. The van der Waals surface area contributed by atoms with E-state index in [0.717, 1.165) is 21.0 Å². The maximum Gasteiger partial charge on any atom is 0.397 e. The minimum absolute atomic E-state index is 0.813. The van der Waals surface area contributed by atoms with Gasteiger partial charge in [-0.05, 0) is 13.8 Å². The standard InChI is InChI=1S/C31H57N3O45S8/c1-7-21(74-28-12(32-80(41,42)43)16(36)15(35)9(71-28)4-66-83(50,51)52)18(38)19(39)30(69-7)77-24-11(6-68-85(56,57)58)73-29(14(34-82(47,48)49)25(24)78-86(59,60)61)75-22-8(2)70-31(26(20(22)40)79-87(62,63)64)76-23-10(5-67-84(53,54)55)72-27(65-3)13(17(23)37)33-81(44,45)46/h7-40H,4-6H2,1-3H3,(H,41,42,43)(H,44,45,46)(H,47,48,49)(H,50,51,52)(H,53,54,55)(H,56,57,58)(H,59,60,61)(H,62,63,64)/t7?,8?,9?,10?,11?,12?,13?,14?,15-,16-,17-,18-,19?,20-,21-,22?,23-,24-,25+,26?,27-,28+,29+,30+,31+/m1/s1. The van der Waals surface area contributed by atoms with Gasteiger partial charge in [-0.1, -0.05) is 0 Å². The Labute approximate surface area is 491 Å². The van der Waals surface area contributed by atoms with Gasteiger partial charge in [0.2, 0.25) is 0 Å². The second kappa shape index (κ2) is 28.9. The lowest BCUT2D eigenvalue weighted by Gasteiger charge is -2.50. The number of methoxy groups -OCH3 is 1. The first-order valence-corrected chi connectivity index (χ1v) is 34.4. The molecule has 5 heterocycles. The SMILES string of the molecule is CO[C@@H]1OC(COS(=O)(=O)O)[C@@H](O[C@@H]2OC(C)C(O[C@@H]3OC(COS(=O)(=O)O)[C@@H](O[C@@H]4OC(C)[C@@H](O[C@@H]5OC(COS(=O)(=O)O)[C@@H](O)[C@H](O)C5NS(=O)(=O)O)[C@H](O)C4O)[C@@H](OS(=O)(=O)O)C3NS(=O)(=O)O)[C@@H](O)C2OS(=O)(=O)O)[C@H](O)C1NS(=O)(=O)O. The van der Waals surface area contributed by atoms with Gasteiger partial charge in [0.05, 0.1) is 32.0 Å². The van der Waals surface area contributed by atoms with Crippen molar-refractivity contribution in [3.05, 3.63) is 0 Å². The summed E-state index contributed by atoms with van der Waals surface area (Å²) in [5.41, 5.74) is 0. The normalized spacial score (nSPS) is 40.0. The van der Waals surface area contributed by atoms with E-state index in [1.165, 1.54) is 14.2 Å². The Morgan fingerprint density at radius 2 is 0.690 bits per heavy atom. The number of aliphatic hydroxyl groups is 6. The zero-order valence-electron chi connectivity index (χ0n) is 43.2. The minimum Gasteiger partial charge on any atom is -0.388 e. The van der Waals surface area contributed by atoms with Crippen LogP contribution >= 0.6 is 0 Å². The van der Waals surface area contributed by atoms with Crippen molar-refractivity contribution in [2.75, 3.05) is 26.9 Å². The van der Waals surface area contributed by atoms with Crippen LogP contribution in [0.5, 0.6) is 0 Å². The molecule has 11 unspecified atom stereocenters. The highest BCUT2D eigenvalue weighted by molar-refractivity contribution is 7.84. The molecular formula is C31H57N3O45S8. The Morgan fingerprint density at radius 1 is 0.333 bits per heavy atom. The van der Waals surface area contributed by atoms with E-state index in [1.807, 2.05) is 0 Å². The third-order valence-electron chi connectivity index (χ3n) is 12.4. The van der Waals surface area contributed by atoms with Crippen molar-refractivity contribution < 1.29 is 203 Å². The molecule has 17 N–H and O–H groups in total. The number of ether oxygens (including phenoxy) is 10. The quantitative estimate of drug-likeness (QED) is 0.0324. The summed E-state index contributed by atoms with van der Waals surface area (Å²) in [5, 5.41) is 67.2. The van der Waals surface area contributed by atoms with Crippen molar-refractivity contribution in [3.63, 3.8) is 0 Å². The molecule has 5 aliphatic rings. The van der Waals surface area contributed by atoms with E-state index >= 15 is 0 Å². The lowest BCUT2D eigenvalue weighted by molar-refractivity contribution is -0.374. The largest absolute Gasteiger partial charge is 0.397 e. The van der Waals surface area contributed by atoms with Crippen LogP contribution in [0.3, 0.4) is 0 Å². The van der Waals surface area contributed by atoms with E-state index in [4.69, 9.17) is 51.9 Å². The Hall–Kier alpha value is -1.68. The van der Waals surface area contributed by atoms with Crippen LogP contribution in [0.4, 0.5) is 0 Å². The highest BCUT2D eigenvalue weighted by Gasteiger charge is 2.59. The smallest absolute Gasteiger partial charge is 0.388 e. The second-order valence-electron chi connectivity index (χ2n) is 18.6. The number of aliphatic hydroxyl groups excluding tert-OH is 6. The van der Waals surface area contributed by atoms with Gasteiger partial charge in [0.25, 0.3) is 0 Å². The van der Waals surface area contributed by atoms with Crippen LogP contribution in [0.1, 0.15) is 13.8 Å². The first-order valence-electron chi connectivity index (χ1n) is 23.3. The number of nitrogens with one attached hydrogen (secondary N) is 3. The molecule has 0 bridgehead atoms. The monoisotopic (exact) mass is 1450 g/mol. The average Bonchev–Trinajstić information content (AvgIpc) is 0.928. The highest BCUT2D eigenvalue weighted by atomic mass is 32.3. The van der Waals surface area contributed by atoms with Gasteiger partial charge in [0.1, 0.15) is 104 Å². The molecule has 5 fully saturated rings. The highest BCUT2D eigenvalue weighted by Crippen LogP contribution is 2.38. The lowest BCUT2D eigenvalue weighted by atomic mass is 9.94. The predicted octanol–water partition coefficient (Wildman–Crippen LogP) is -11.9. The van der Waals surface area contributed by atoms with Crippen LogP contribution in [0, 0.1) is 0 Å². The van der Waals surface area contributed by atoms with Crippen molar-refractivity contribution >= 4 is 82.9 Å². The molecule has 514 valence electrons. The molecule has 5 saturated heterocycles. The molecule has 0 aliphatic carbocycles. The van der Waals surface area contributed by atoms with Gasteiger partial charge < -0.3 is 78.0 Å². The van der Waals surface area contributed by atoms with Gasteiger partial charge in [0, 0.05) is 7.11 Å². The molecule has 5 rings (SSSR count). The Balaban J connectivity index is 1.53. The number of hydrogen-bond acceptors (Lipinski definition) is 37. The van der Waals surface area contributed by atoms with E-state index < -0.39 is 256 Å². The topological polar surface area (TPSA) is 731 Å². The van der Waals surface area contributed by atoms with Gasteiger partial charge in [0.15, 0.2) is 37.6 Å². The zero-order valence-corrected chi connectivity index (χ0v) is 49.8. The summed E-state index contributed by atoms with van der Waals surface area (Å²) in [7, 11) is -44.5. The van der Waals surface area contributed by atoms with E-state index in [9.17, 15) is 130 Å². The summed E-state index contributed by atoms with van der Waals surface area (Å²) in [5.74, 6) is 0. The van der Waals surface area contributed by atoms with Crippen LogP contribution in [-0.2, 0) is 151 Å². The lowest BCUT2D eigenvalue weighted by Crippen LogP contribution is -2.70. The van der Waals surface area contributed by atoms with Gasteiger partial charge >= 0.3 is 82.9 Å². The molecule has 56 heteroatoms. The van der Waals surface area contributed by atoms with Crippen LogP contribution in [0.25, 0.3) is 0 Å². The van der Waals surface area contributed by atoms with Gasteiger partial charge in [-0.3, -0.25) is 36.4 Å². The molecule has 48 nitrogen and oxygen atoms in total. The van der Waals surface area contributed by atoms with Gasteiger partial charge in [-0.15, -0.1) is 0 Å². The van der Waals surface area contributed by atoms with Gasteiger partial charge in [-0.25, -0.2) is 20.9 Å². The Morgan fingerprint density at radius 3 is 1.14 bits per heavy atom. The van der Waals surface area contributed by atoms with Crippen molar-refractivity contribution in [1.82, 2.24) is 14.2 Å². The van der Waals surface area contributed by atoms with Crippen molar-refractivity contribution in [1.29, 1.82) is 0 Å². The maximum absolute atomic E-state index is 12.6. The molecule has 0 aromatic rings. The van der Waals surface area contributed by atoms with Crippen molar-refractivity contribution in [2.45, 2.75) is 167 Å². The first-order chi connectivity index (χ1) is 39.3. The third kappa shape index (κ3) is 22.5. The molecule has 0 aromatic heterocycles. The summed E-state index contributed by atoms with van der Waals surface area (Å²) in [6.45, 7) is -2.80. The van der Waals surface area contributed by atoms with Crippen LogP contribution < -0.4 is 14.2 Å². The first kappa shape index (κ1) is 76.0. The summed E-state index contributed by atoms with van der Waals surface area (Å²) >= 11 is 0. The Bertz CT molecular complexity index is 3270. The van der Waals surface area contributed by atoms with E-state index in [2.05, 4.69) is 20.9 Å². The summed E-state index contributed by atoms with van der Waals surface area (Å²) < 4.78 is 349. The summed E-state index contributed by atoms with van der Waals surface area (Å²) in [4.78, 5) is 0. The number of hydrogen-bond donors (Lipinski definition) is 17. The van der Waals surface area contributed by atoms with Gasteiger partial charge in [-0.2, -0.15) is 81.5 Å². The van der Waals surface area contributed by atoms with E-state index in [-0.39, 0.29) is 0 Å². The zero-order chi connectivity index (χ0) is 66.3. The fourth-order valence-corrected chi connectivity index (χ4v) is 12.7. The molecule has 0 aromatic carbocycles. The number of rotatable bonds is 28. The van der Waals surface area contributed by atoms with Crippen LogP contribution in [-0.4, -0.2) is 315 Å². The predicted molar refractivity (Wildman–Crippen MR) is 258 cm³/mol. The van der Waals surface area contributed by atoms with Crippen LogP contribution in [0.2, 0.25) is 0 Å². The molecular weight excluding hydrogens is 1390 g/mol. The summed E-state index contributed by atoms with van der Waals surface area (Å²) in [6.07, 6.45) is -54.6. The molecule has 87 heavy (non-hydrogen) atoms. The van der Waals surface area contributed by atoms with Crippen LogP contribution in [0.15, 0.2) is 0 Å². The molecule has 0 radical (unpaired) electrons.